The summed E-state index contributed by atoms with van der Waals surface area (Å²) in [5, 5.41) is 0.726. The van der Waals surface area contributed by atoms with E-state index in [1.54, 1.807) is 0 Å². The third-order valence-electron chi connectivity index (χ3n) is 2.60. The minimum absolute atomic E-state index is 0.549. The number of anilines is 2. The molecule has 5 nitrogen and oxygen atoms in total. The maximum absolute atomic E-state index is 5.87. The molecule has 0 bridgehead atoms. The van der Waals surface area contributed by atoms with Crippen LogP contribution in [0.2, 0.25) is 5.02 Å². The fourth-order valence-corrected chi connectivity index (χ4v) is 2.41. The average Bonchev–Trinajstić information content (AvgIpc) is 2.41. The molecule has 100 valence electrons. The van der Waals surface area contributed by atoms with Crippen molar-refractivity contribution in [2.24, 2.45) is 5.84 Å². The van der Waals surface area contributed by atoms with Crippen molar-refractivity contribution in [3.05, 3.63) is 45.7 Å². The van der Waals surface area contributed by atoms with E-state index in [0.717, 1.165) is 20.9 Å². The fourth-order valence-electron chi connectivity index (χ4n) is 1.67. The first-order valence-electron chi connectivity index (χ1n) is 5.54. The quantitative estimate of drug-likeness (QED) is 0.660. The number of nitrogens with zero attached hydrogens (tertiary/aromatic N) is 3. The maximum atomic E-state index is 5.87. The highest BCUT2D eigenvalue weighted by Gasteiger charge is 2.12. The molecule has 0 aliphatic rings. The summed E-state index contributed by atoms with van der Waals surface area (Å²) in [5.41, 5.74) is 3.66. The van der Waals surface area contributed by atoms with Gasteiger partial charge in [-0.3, -0.25) is 0 Å². The van der Waals surface area contributed by atoms with E-state index in [1.807, 2.05) is 36.2 Å². The Bertz CT molecular complexity index is 561. The number of hydrogen-bond donors (Lipinski definition) is 2. The molecule has 0 aliphatic heterocycles. The lowest BCUT2D eigenvalue weighted by Crippen LogP contribution is -2.19. The van der Waals surface area contributed by atoms with Gasteiger partial charge in [-0.05, 0) is 33.6 Å². The van der Waals surface area contributed by atoms with E-state index in [1.165, 1.54) is 6.33 Å². The SMILES string of the molecule is CN(Cc1ccc(Cl)cc1)c1ncnc(NN)c1Br. The molecule has 0 atom stereocenters. The fraction of sp³-hybridized carbons (Fsp3) is 0.167. The summed E-state index contributed by atoms with van der Waals surface area (Å²) < 4.78 is 0.731. The van der Waals surface area contributed by atoms with E-state index in [-0.39, 0.29) is 0 Å². The van der Waals surface area contributed by atoms with Crippen LogP contribution in [0.3, 0.4) is 0 Å². The highest BCUT2D eigenvalue weighted by atomic mass is 79.9. The van der Waals surface area contributed by atoms with Crippen molar-refractivity contribution in [3.8, 4) is 0 Å². The van der Waals surface area contributed by atoms with Gasteiger partial charge in [-0.2, -0.15) is 0 Å². The van der Waals surface area contributed by atoms with Gasteiger partial charge in [0.15, 0.2) is 5.82 Å². The van der Waals surface area contributed by atoms with Crippen LogP contribution in [0.5, 0.6) is 0 Å². The van der Waals surface area contributed by atoms with Gasteiger partial charge in [-0.25, -0.2) is 15.8 Å². The van der Waals surface area contributed by atoms with Crippen LogP contribution in [0.4, 0.5) is 11.6 Å². The molecule has 1 aromatic carbocycles. The Morgan fingerprint density at radius 2 is 2.00 bits per heavy atom. The second kappa shape index (κ2) is 6.18. The smallest absolute Gasteiger partial charge is 0.159 e. The third kappa shape index (κ3) is 3.34. The summed E-state index contributed by atoms with van der Waals surface area (Å²) in [6.45, 7) is 0.705. The lowest BCUT2D eigenvalue weighted by atomic mass is 10.2. The molecule has 2 rings (SSSR count). The summed E-state index contributed by atoms with van der Waals surface area (Å²) in [6.07, 6.45) is 1.47. The van der Waals surface area contributed by atoms with Gasteiger partial charge in [-0.15, -0.1) is 0 Å². The van der Waals surface area contributed by atoms with Gasteiger partial charge in [0.05, 0.1) is 0 Å². The summed E-state index contributed by atoms with van der Waals surface area (Å²) in [4.78, 5) is 10.3. The number of nitrogen functional groups attached to an aromatic ring is 1. The molecule has 0 saturated heterocycles. The molecule has 0 saturated carbocycles. The molecule has 7 heteroatoms. The van der Waals surface area contributed by atoms with Gasteiger partial charge < -0.3 is 10.3 Å². The van der Waals surface area contributed by atoms with Crippen LogP contribution in [0.15, 0.2) is 35.1 Å². The molecule has 0 unspecified atom stereocenters. The second-order valence-corrected chi connectivity index (χ2v) is 5.22. The lowest BCUT2D eigenvalue weighted by Gasteiger charge is -2.20. The van der Waals surface area contributed by atoms with Crippen LogP contribution >= 0.6 is 27.5 Å². The third-order valence-corrected chi connectivity index (χ3v) is 3.58. The highest BCUT2D eigenvalue weighted by Crippen LogP contribution is 2.28. The summed E-state index contributed by atoms with van der Waals surface area (Å²) in [7, 11) is 1.95. The number of aromatic nitrogens is 2. The Morgan fingerprint density at radius 3 is 2.63 bits per heavy atom. The summed E-state index contributed by atoms with van der Waals surface area (Å²) in [5.74, 6) is 6.70. The van der Waals surface area contributed by atoms with Crippen LogP contribution in [-0.4, -0.2) is 17.0 Å². The van der Waals surface area contributed by atoms with E-state index in [0.29, 0.717) is 12.4 Å². The first-order chi connectivity index (χ1) is 9.11. The van der Waals surface area contributed by atoms with E-state index < -0.39 is 0 Å². The van der Waals surface area contributed by atoms with Gasteiger partial charge in [-0.1, -0.05) is 23.7 Å². The molecule has 0 radical (unpaired) electrons. The number of halogens is 2. The zero-order chi connectivity index (χ0) is 13.8. The standard InChI is InChI=1S/C12H13BrClN5/c1-19(6-8-2-4-9(14)5-3-8)12-10(13)11(18-15)16-7-17-12/h2-5,7H,6,15H2,1H3,(H,16,17,18). The van der Waals surface area contributed by atoms with Crippen LogP contribution in [-0.2, 0) is 6.54 Å². The molecular weight excluding hydrogens is 330 g/mol. The molecule has 1 heterocycles. The number of rotatable bonds is 4. The summed E-state index contributed by atoms with van der Waals surface area (Å²) >= 11 is 9.30. The number of nitrogens with one attached hydrogen (secondary N) is 1. The van der Waals surface area contributed by atoms with Gasteiger partial charge in [0.1, 0.15) is 16.6 Å². The Morgan fingerprint density at radius 1 is 1.32 bits per heavy atom. The first-order valence-corrected chi connectivity index (χ1v) is 6.71. The minimum atomic E-state index is 0.549. The van der Waals surface area contributed by atoms with E-state index in [4.69, 9.17) is 17.4 Å². The Labute approximate surface area is 124 Å². The topological polar surface area (TPSA) is 67.1 Å². The molecule has 3 N–H and O–H groups in total. The molecule has 19 heavy (non-hydrogen) atoms. The molecule has 0 amide bonds. The molecule has 1 aromatic heterocycles. The molecule has 0 fully saturated rings. The number of benzene rings is 1. The first kappa shape index (κ1) is 14.0. The van der Waals surface area contributed by atoms with Gasteiger partial charge in [0.2, 0.25) is 0 Å². The van der Waals surface area contributed by atoms with E-state index in [2.05, 4.69) is 31.3 Å². The molecule has 0 spiro atoms. The van der Waals surface area contributed by atoms with Crippen molar-refractivity contribution in [1.82, 2.24) is 9.97 Å². The van der Waals surface area contributed by atoms with Gasteiger partial charge in [0, 0.05) is 18.6 Å². The number of hydrazine groups is 1. The maximum Gasteiger partial charge on any atom is 0.159 e. The zero-order valence-corrected chi connectivity index (χ0v) is 12.6. The van der Waals surface area contributed by atoms with Crippen molar-refractivity contribution >= 4 is 39.2 Å². The minimum Gasteiger partial charge on any atom is -0.354 e. The predicted molar refractivity (Wildman–Crippen MR) is 81.1 cm³/mol. The van der Waals surface area contributed by atoms with Gasteiger partial charge in [0.25, 0.3) is 0 Å². The van der Waals surface area contributed by atoms with Crippen LogP contribution < -0.4 is 16.2 Å². The van der Waals surface area contributed by atoms with Crippen molar-refractivity contribution in [3.63, 3.8) is 0 Å². The Hall–Kier alpha value is -1.37. The van der Waals surface area contributed by atoms with E-state index >= 15 is 0 Å². The average molecular weight is 343 g/mol. The number of hydrogen-bond acceptors (Lipinski definition) is 5. The Balaban J connectivity index is 2.20. The molecular formula is C12H13BrClN5. The largest absolute Gasteiger partial charge is 0.354 e. The highest BCUT2D eigenvalue weighted by molar-refractivity contribution is 9.10. The predicted octanol–water partition coefficient (Wildman–Crippen LogP) is 2.81. The van der Waals surface area contributed by atoms with Crippen molar-refractivity contribution in [1.29, 1.82) is 0 Å². The molecule has 2 aromatic rings. The lowest BCUT2D eigenvalue weighted by molar-refractivity contribution is 0.886. The van der Waals surface area contributed by atoms with Crippen molar-refractivity contribution in [2.75, 3.05) is 17.4 Å². The van der Waals surface area contributed by atoms with Crippen LogP contribution in [0, 0.1) is 0 Å². The monoisotopic (exact) mass is 341 g/mol. The van der Waals surface area contributed by atoms with Crippen molar-refractivity contribution in [2.45, 2.75) is 6.54 Å². The zero-order valence-electron chi connectivity index (χ0n) is 10.3. The number of nitrogens with two attached hydrogens (primary N) is 1. The Kier molecular flexibility index (Phi) is 4.57. The second-order valence-electron chi connectivity index (χ2n) is 3.99. The van der Waals surface area contributed by atoms with Crippen LogP contribution in [0.25, 0.3) is 0 Å². The van der Waals surface area contributed by atoms with Crippen LogP contribution in [0.1, 0.15) is 5.56 Å². The van der Waals surface area contributed by atoms with Gasteiger partial charge >= 0.3 is 0 Å². The molecule has 0 aliphatic carbocycles. The van der Waals surface area contributed by atoms with E-state index in [9.17, 15) is 0 Å². The normalized spacial score (nSPS) is 10.3. The summed E-state index contributed by atoms with van der Waals surface area (Å²) in [6, 6.07) is 7.70. The van der Waals surface area contributed by atoms with Crippen molar-refractivity contribution < 1.29 is 0 Å².